The predicted octanol–water partition coefficient (Wildman–Crippen LogP) is 1.27. The van der Waals surface area contributed by atoms with E-state index in [1.807, 2.05) is 0 Å². The third-order valence-electron chi connectivity index (χ3n) is 0.603. The molecule has 0 rings (SSSR count). The maximum atomic E-state index is 11.8. The summed E-state index contributed by atoms with van der Waals surface area (Å²) in [4.78, 5) is 0. The molecule has 0 aliphatic heterocycles. The van der Waals surface area contributed by atoms with E-state index in [0.717, 1.165) is 7.11 Å². The lowest BCUT2D eigenvalue weighted by atomic mass is 10.4. The molecule has 0 unspecified atom stereocenters. The van der Waals surface area contributed by atoms with E-state index in [1.165, 1.54) is 0 Å². The van der Waals surface area contributed by atoms with Crippen LogP contribution < -0.4 is 0 Å². The molecule has 0 aromatic carbocycles. The Kier molecular flexibility index (Phi) is 1.89. The van der Waals surface area contributed by atoms with Crippen molar-refractivity contribution in [2.24, 2.45) is 0 Å². The van der Waals surface area contributed by atoms with Gasteiger partial charge < -0.3 is 4.74 Å². The van der Waals surface area contributed by atoms with Gasteiger partial charge in [0.2, 0.25) is 0 Å². The molecule has 0 aliphatic rings. The molecule has 0 spiro atoms. The van der Waals surface area contributed by atoms with Crippen LogP contribution in [0.3, 0.4) is 0 Å². The first-order valence-electron chi connectivity index (χ1n) is 1.99. The standard InChI is InChI=1S/C4H7F2NO/c1-4(5,6)3(7)8-2/h7H,1-2H3. The lowest BCUT2D eigenvalue weighted by molar-refractivity contribution is 0.0708. The third-order valence-corrected chi connectivity index (χ3v) is 0.603. The van der Waals surface area contributed by atoms with Gasteiger partial charge in [0.05, 0.1) is 7.11 Å². The van der Waals surface area contributed by atoms with E-state index in [2.05, 4.69) is 4.74 Å². The molecule has 0 amide bonds. The van der Waals surface area contributed by atoms with E-state index in [1.54, 1.807) is 0 Å². The van der Waals surface area contributed by atoms with Crippen LogP contribution in [0.25, 0.3) is 0 Å². The van der Waals surface area contributed by atoms with Crippen LogP contribution in [0, 0.1) is 5.41 Å². The molecule has 0 bridgehead atoms. The number of methoxy groups -OCH3 is 1. The molecule has 2 nitrogen and oxygen atoms in total. The summed E-state index contributed by atoms with van der Waals surface area (Å²) in [5.74, 6) is -4.13. The number of rotatable bonds is 1. The van der Waals surface area contributed by atoms with Crippen molar-refractivity contribution in [1.82, 2.24) is 0 Å². The zero-order chi connectivity index (χ0) is 6.78. The highest BCUT2D eigenvalue weighted by Gasteiger charge is 2.28. The fourth-order valence-corrected chi connectivity index (χ4v) is 0.179. The van der Waals surface area contributed by atoms with Crippen molar-refractivity contribution < 1.29 is 13.5 Å². The summed E-state index contributed by atoms with van der Waals surface area (Å²) in [6.07, 6.45) is 0. The first-order chi connectivity index (χ1) is 3.48. The van der Waals surface area contributed by atoms with Gasteiger partial charge in [0.25, 0.3) is 5.90 Å². The summed E-state index contributed by atoms with van der Waals surface area (Å²) in [5.41, 5.74) is 0. The Bertz CT molecular complexity index is 96.7. The van der Waals surface area contributed by atoms with Crippen molar-refractivity contribution in [3.63, 3.8) is 0 Å². The Morgan fingerprint density at radius 2 is 2.00 bits per heavy atom. The SMILES string of the molecule is COC(=N)C(C)(F)F. The minimum absolute atomic E-state index is 0.610. The fraction of sp³-hybridized carbons (Fsp3) is 0.750. The van der Waals surface area contributed by atoms with Gasteiger partial charge in [-0.05, 0) is 0 Å². The summed E-state index contributed by atoms with van der Waals surface area (Å²) < 4.78 is 27.5. The number of halogens is 2. The maximum absolute atomic E-state index is 11.8. The monoisotopic (exact) mass is 123 g/mol. The highest BCUT2D eigenvalue weighted by atomic mass is 19.3. The van der Waals surface area contributed by atoms with Gasteiger partial charge in [-0.15, -0.1) is 0 Å². The van der Waals surface area contributed by atoms with Gasteiger partial charge in [-0.25, -0.2) is 0 Å². The summed E-state index contributed by atoms with van der Waals surface area (Å²) in [7, 11) is 1.04. The largest absolute Gasteiger partial charge is 0.480 e. The Labute approximate surface area is 46.0 Å². The minimum atomic E-state index is -3.13. The summed E-state index contributed by atoms with van der Waals surface area (Å²) >= 11 is 0. The quantitative estimate of drug-likeness (QED) is 0.413. The van der Waals surface area contributed by atoms with E-state index in [4.69, 9.17) is 5.41 Å². The van der Waals surface area contributed by atoms with Gasteiger partial charge in [-0.3, -0.25) is 5.41 Å². The molecule has 0 atom stereocenters. The topological polar surface area (TPSA) is 33.1 Å². The normalized spacial score (nSPS) is 11.0. The summed E-state index contributed by atoms with van der Waals surface area (Å²) in [6, 6.07) is 0. The van der Waals surface area contributed by atoms with Gasteiger partial charge >= 0.3 is 5.92 Å². The molecular formula is C4H7F2NO. The number of hydrogen-bond donors (Lipinski definition) is 1. The van der Waals surface area contributed by atoms with Crippen molar-refractivity contribution in [3.05, 3.63) is 0 Å². The minimum Gasteiger partial charge on any atom is -0.480 e. The molecule has 0 aliphatic carbocycles. The highest BCUT2D eigenvalue weighted by Crippen LogP contribution is 2.12. The van der Waals surface area contributed by atoms with E-state index in [-0.39, 0.29) is 0 Å². The molecule has 0 aromatic heterocycles. The van der Waals surface area contributed by atoms with Gasteiger partial charge in [-0.1, -0.05) is 0 Å². The van der Waals surface area contributed by atoms with E-state index < -0.39 is 11.8 Å². The second-order valence-corrected chi connectivity index (χ2v) is 1.42. The molecule has 0 saturated carbocycles. The Hall–Kier alpha value is -0.670. The van der Waals surface area contributed by atoms with Crippen LogP contribution in [0.5, 0.6) is 0 Å². The van der Waals surface area contributed by atoms with Gasteiger partial charge in [-0.2, -0.15) is 8.78 Å². The number of ether oxygens (including phenoxy) is 1. The van der Waals surface area contributed by atoms with Crippen LogP contribution in [0.15, 0.2) is 0 Å². The Morgan fingerprint density at radius 1 is 1.62 bits per heavy atom. The van der Waals surface area contributed by atoms with Crippen molar-refractivity contribution >= 4 is 5.90 Å². The van der Waals surface area contributed by atoms with Crippen molar-refractivity contribution in [2.75, 3.05) is 7.11 Å². The Morgan fingerprint density at radius 3 is 2.00 bits per heavy atom. The molecular weight excluding hydrogens is 116 g/mol. The van der Waals surface area contributed by atoms with Crippen LogP contribution in [0.2, 0.25) is 0 Å². The molecule has 0 heterocycles. The lowest BCUT2D eigenvalue weighted by Gasteiger charge is -2.08. The van der Waals surface area contributed by atoms with Gasteiger partial charge in [0, 0.05) is 6.92 Å². The number of hydrogen-bond acceptors (Lipinski definition) is 2. The van der Waals surface area contributed by atoms with Crippen molar-refractivity contribution in [1.29, 1.82) is 5.41 Å². The molecule has 1 N–H and O–H groups in total. The molecule has 0 saturated heterocycles. The maximum Gasteiger partial charge on any atom is 0.318 e. The van der Waals surface area contributed by atoms with Crippen LogP contribution >= 0.6 is 0 Å². The number of nitrogens with one attached hydrogen (secondary N) is 1. The zero-order valence-corrected chi connectivity index (χ0v) is 4.66. The van der Waals surface area contributed by atoms with Gasteiger partial charge in [0.15, 0.2) is 0 Å². The average molecular weight is 123 g/mol. The van der Waals surface area contributed by atoms with Gasteiger partial charge in [0.1, 0.15) is 0 Å². The second-order valence-electron chi connectivity index (χ2n) is 1.42. The van der Waals surface area contributed by atoms with E-state index in [0.29, 0.717) is 6.92 Å². The third kappa shape index (κ3) is 1.86. The van der Waals surface area contributed by atoms with Crippen LogP contribution in [0.4, 0.5) is 8.78 Å². The molecule has 0 fully saturated rings. The highest BCUT2D eigenvalue weighted by molar-refractivity contribution is 5.79. The first kappa shape index (κ1) is 7.33. The van der Waals surface area contributed by atoms with Crippen LogP contribution in [-0.2, 0) is 4.74 Å². The number of alkyl halides is 2. The zero-order valence-electron chi connectivity index (χ0n) is 4.66. The molecule has 0 radical (unpaired) electrons. The smallest absolute Gasteiger partial charge is 0.318 e. The fourth-order valence-electron chi connectivity index (χ4n) is 0.179. The van der Waals surface area contributed by atoms with Crippen LogP contribution in [-0.4, -0.2) is 18.9 Å². The lowest BCUT2D eigenvalue weighted by Crippen LogP contribution is -2.24. The second kappa shape index (κ2) is 2.07. The van der Waals surface area contributed by atoms with Crippen molar-refractivity contribution in [2.45, 2.75) is 12.8 Å². The molecule has 4 heteroatoms. The van der Waals surface area contributed by atoms with Crippen molar-refractivity contribution in [3.8, 4) is 0 Å². The molecule has 0 aromatic rings. The van der Waals surface area contributed by atoms with Crippen LogP contribution in [0.1, 0.15) is 6.92 Å². The molecule has 48 valence electrons. The molecule has 8 heavy (non-hydrogen) atoms. The first-order valence-corrected chi connectivity index (χ1v) is 1.99. The van der Waals surface area contributed by atoms with E-state index in [9.17, 15) is 8.78 Å². The Balaban J connectivity index is 3.82. The average Bonchev–Trinajstić information content (AvgIpc) is 1.62. The van der Waals surface area contributed by atoms with E-state index >= 15 is 0 Å². The summed E-state index contributed by atoms with van der Waals surface area (Å²) in [6.45, 7) is 0.610. The predicted molar refractivity (Wildman–Crippen MR) is 25.4 cm³/mol. The summed E-state index contributed by atoms with van der Waals surface area (Å²) in [5, 5.41) is 6.42.